The Morgan fingerprint density at radius 1 is 1.24 bits per heavy atom. The third-order valence-electron chi connectivity index (χ3n) is 3.02. The highest BCUT2D eigenvalue weighted by Gasteiger charge is 2.24. The molecule has 2 rings (SSSR count). The van der Waals surface area contributed by atoms with E-state index in [0.717, 1.165) is 16.0 Å². The highest BCUT2D eigenvalue weighted by Crippen LogP contribution is 2.39. The van der Waals surface area contributed by atoms with Crippen LogP contribution >= 0.6 is 11.8 Å². The van der Waals surface area contributed by atoms with E-state index in [1.165, 1.54) is 11.8 Å². The van der Waals surface area contributed by atoms with Crippen LogP contribution in [-0.2, 0) is 9.53 Å². The first-order valence-corrected chi connectivity index (χ1v) is 7.74. The minimum absolute atomic E-state index is 0.241. The maximum atomic E-state index is 12.3. The number of hydrogen-bond donors (Lipinski definition) is 1. The van der Waals surface area contributed by atoms with Gasteiger partial charge in [-0.3, -0.25) is 4.79 Å². The Bertz CT molecular complexity index is 613. The lowest BCUT2D eigenvalue weighted by Gasteiger charge is -2.17. The second-order valence-electron chi connectivity index (χ2n) is 4.70. The molecule has 2 aromatic rings. The zero-order chi connectivity index (χ0) is 15.2. The first-order chi connectivity index (χ1) is 10.1. The summed E-state index contributed by atoms with van der Waals surface area (Å²) in [6, 6.07) is 15.4. The van der Waals surface area contributed by atoms with Crippen LogP contribution in [0.15, 0.2) is 53.4 Å². The fourth-order valence-corrected chi connectivity index (χ4v) is 3.14. The first kappa shape index (κ1) is 15.4. The Kier molecular flexibility index (Phi) is 5.28. The summed E-state index contributed by atoms with van der Waals surface area (Å²) in [5.74, 6) is -0.241. The highest BCUT2D eigenvalue weighted by molar-refractivity contribution is 8.00. The van der Waals surface area contributed by atoms with Crippen LogP contribution in [-0.4, -0.2) is 12.6 Å². The van der Waals surface area contributed by atoms with Crippen molar-refractivity contribution in [1.82, 2.24) is 0 Å². The summed E-state index contributed by atoms with van der Waals surface area (Å²) in [6.07, 6.45) is 0. The van der Waals surface area contributed by atoms with Crippen LogP contribution in [0.2, 0.25) is 0 Å². The van der Waals surface area contributed by atoms with Crippen LogP contribution in [0, 0.1) is 6.92 Å². The van der Waals surface area contributed by atoms with Gasteiger partial charge in [0.2, 0.25) is 0 Å². The summed E-state index contributed by atoms with van der Waals surface area (Å²) in [5, 5.41) is -0.407. The van der Waals surface area contributed by atoms with Crippen molar-refractivity contribution in [3.8, 4) is 0 Å². The van der Waals surface area contributed by atoms with E-state index in [-0.39, 0.29) is 5.97 Å². The number of carbonyl (C=O) groups is 1. The molecule has 0 amide bonds. The van der Waals surface area contributed by atoms with Gasteiger partial charge in [0, 0.05) is 10.6 Å². The van der Waals surface area contributed by atoms with Crippen LogP contribution in [0.4, 0.5) is 5.69 Å². The second-order valence-corrected chi connectivity index (χ2v) is 5.85. The van der Waals surface area contributed by atoms with Gasteiger partial charge in [-0.15, -0.1) is 11.8 Å². The molecular weight excluding hydrogens is 282 g/mol. The van der Waals surface area contributed by atoms with Gasteiger partial charge in [-0.05, 0) is 37.1 Å². The van der Waals surface area contributed by atoms with Crippen molar-refractivity contribution >= 4 is 23.4 Å². The van der Waals surface area contributed by atoms with Crippen LogP contribution in [0.1, 0.15) is 23.3 Å². The molecule has 0 saturated carbocycles. The zero-order valence-electron chi connectivity index (χ0n) is 12.2. The number of hydrogen-bond acceptors (Lipinski definition) is 4. The van der Waals surface area contributed by atoms with E-state index in [9.17, 15) is 4.79 Å². The van der Waals surface area contributed by atoms with E-state index in [0.29, 0.717) is 12.3 Å². The molecule has 0 aromatic heterocycles. The van der Waals surface area contributed by atoms with Gasteiger partial charge in [0.15, 0.2) is 0 Å². The van der Waals surface area contributed by atoms with Crippen molar-refractivity contribution in [1.29, 1.82) is 0 Å². The van der Waals surface area contributed by atoms with E-state index in [1.807, 2.05) is 62.4 Å². The molecule has 0 radical (unpaired) electrons. The largest absolute Gasteiger partial charge is 0.465 e. The number of ether oxygens (including phenoxy) is 1. The maximum Gasteiger partial charge on any atom is 0.323 e. The van der Waals surface area contributed by atoms with Gasteiger partial charge in [-0.1, -0.05) is 36.4 Å². The molecule has 0 aliphatic heterocycles. The van der Waals surface area contributed by atoms with E-state index in [2.05, 4.69) is 0 Å². The number of esters is 1. The average molecular weight is 301 g/mol. The minimum Gasteiger partial charge on any atom is -0.465 e. The van der Waals surface area contributed by atoms with E-state index < -0.39 is 5.25 Å². The second kappa shape index (κ2) is 7.18. The molecule has 0 aliphatic carbocycles. The summed E-state index contributed by atoms with van der Waals surface area (Å²) < 4.78 is 5.20. The standard InChI is InChI=1S/C17H19NO2S/c1-3-20-17(19)16(13-7-5-4-6-8-13)21-15-11-12(2)9-10-14(15)18/h4-11,16H,3,18H2,1-2H3. The predicted molar refractivity (Wildman–Crippen MR) is 87.3 cm³/mol. The third kappa shape index (κ3) is 4.02. The number of nitrogens with two attached hydrogens (primary N) is 1. The number of thioether (sulfide) groups is 1. The minimum atomic E-state index is -0.407. The number of nitrogen functional groups attached to an aromatic ring is 1. The lowest BCUT2D eigenvalue weighted by Crippen LogP contribution is -2.13. The quantitative estimate of drug-likeness (QED) is 0.516. The lowest BCUT2D eigenvalue weighted by molar-refractivity contribution is -0.142. The van der Waals surface area contributed by atoms with Gasteiger partial charge < -0.3 is 10.5 Å². The summed E-state index contributed by atoms with van der Waals surface area (Å²) in [4.78, 5) is 13.2. The first-order valence-electron chi connectivity index (χ1n) is 6.86. The Morgan fingerprint density at radius 2 is 1.95 bits per heavy atom. The smallest absolute Gasteiger partial charge is 0.323 e. The number of aryl methyl sites for hydroxylation is 1. The van der Waals surface area contributed by atoms with Crippen LogP contribution in [0.25, 0.3) is 0 Å². The Balaban J connectivity index is 2.32. The molecule has 1 atom stereocenters. The SMILES string of the molecule is CCOC(=O)C(Sc1cc(C)ccc1N)c1ccccc1. The summed E-state index contributed by atoms with van der Waals surface area (Å²) in [5.41, 5.74) is 8.73. The predicted octanol–water partition coefficient (Wildman–Crippen LogP) is 3.97. The molecule has 0 fully saturated rings. The zero-order valence-corrected chi connectivity index (χ0v) is 13.0. The Hall–Kier alpha value is -1.94. The fraction of sp³-hybridized carbons (Fsp3) is 0.235. The van der Waals surface area contributed by atoms with Gasteiger partial charge in [-0.25, -0.2) is 0 Å². The number of rotatable bonds is 5. The molecule has 4 heteroatoms. The van der Waals surface area contributed by atoms with Crippen molar-refractivity contribution in [3.05, 3.63) is 59.7 Å². The number of anilines is 1. The average Bonchev–Trinajstić information content (AvgIpc) is 2.49. The fourth-order valence-electron chi connectivity index (χ4n) is 1.97. The normalized spacial score (nSPS) is 11.9. The molecule has 0 saturated heterocycles. The monoisotopic (exact) mass is 301 g/mol. The molecule has 0 spiro atoms. The molecule has 2 aromatic carbocycles. The molecule has 21 heavy (non-hydrogen) atoms. The Labute approximate surface area is 129 Å². The molecular formula is C17H19NO2S. The number of benzene rings is 2. The van der Waals surface area contributed by atoms with Crippen molar-refractivity contribution < 1.29 is 9.53 Å². The van der Waals surface area contributed by atoms with Crippen LogP contribution in [0.5, 0.6) is 0 Å². The van der Waals surface area contributed by atoms with Crippen molar-refractivity contribution in [2.75, 3.05) is 12.3 Å². The molecule has 0 heterocycles. The molecule has 1 unspecified atom stereocenters. The molecule has 2 N–H and O–H groups in total. The van der Waals surface area contributed by atoms with E-state index in [1.54, 1.807) is 0 Å². The summed E-state index contributed by atoms with van der Waals surface area (Å²) in [7, 11) is 0. The van der Waals surface area contributed by atoms with Gasteiger partial charge in [-0.2, -0.15) is 0 Å². The van der Waals surface area contributed by atoms with Gasteiger partial charge in [0.05, 0.1) is 6.61 Å². The summed E-state index contributed by atoms with van der Waals surface area (Å²) >= 11 is 1.43. The maximum absolute atomic E-state index is 12.3. The van der Waals surface area contributed by atoms with Crippen molar-refractivity contribution in [3.63, 3.8) is 0 Å². The van der Waals surface area contributed by atoms with Crippen LogP contribution < -0.4 is 5.73 Å². The van der Waals surface area contributed by atoms with E-state index >= 15 is 0 Å². The molecule has 0 bridgehead atoms. The van der Waals surface area contributed by atoms with Crippen LogP contribution in [0.3, 0.4) is 0 Å². The lowest BCUT2D eigenvalue weighted by atomic mass is 10.1. The summed E-state index contributed by atoms with van der Waals surface area (Å²) in [6.45, 7) is 4.18. The van der Waals surface area contributed by atoms with Crippen molar-refractivity contribution in [2.24, 2.45) is 0 Å². The van der Waals surface area contributed by atoms with Crippen molar-refractivity contribution in [2.45, 2.75) is 24.0 Å². The van der Waals surface area contributed by atoms with Gasteiger partial charge in [0.1, 0.15) is 5.25 Å². The third-order valence-corrected chi connectivity index (χ3v) is 4.32. The Morgan fingerprint density at radius 3 is 2.62 bits per heavy atom. The highest BCUT2D eigenvalue weighted by atomic mass is 32.2. The topological polar surface area (TPSA) is 52.3 Å². The number of carbonyl (C=O) groups excluding carboxylic acids is 1. The van der Waals surface area contributed by atoms with E-state index in [4.69, 9.17) is 10.5 Å². The molecule has 110 valence electrons. The van der Waals surface area contributed by atoms with Gasteiger partial charge >= 0.3 is 5.97 Å². The molecule has 3 nitrogen and oxygen atoms in total. The van der Waals surface area contributed by atoms with Gasteiger partial charge in [0.25, 0.3) is 0 Å². The molecule has 0 aliphatic rings.